The molecular formula is C28H31N3O6. The maximum absolute atomic E-state index is 13.3. The average Bonchev–Trinajstić information content (AvgIpc) is 3.34. The summed E-state index contributed by atoms with van der Waals surface area (Å²) in [5.41, 5.74) is 1.60. The summed E-state index contributed by atoms with van der Waals surface area (Å²) >= 11 is 0. The molecule has 1 aromatic heterocycles. The van der Waals surface area contributed by atoms with Crippen LogP contribution in [0.4, 0.5) is 0 Å². The fourth-order valence-electron chi connectivity index (χ4n) is 5.54. The Balaban J connectivity index is 1.28. The molecular weight excluding hydrogens is 474 g/mol. The number of carbonyl (C=O) groups is 2. The number of ether oxygens (including phenoxy) is 2. The quantitative estimate of drug-likeness (QED) is 0.462. The summed E-state index contributed by atoms with van der Waals surface area (Å²) in [6, 6.07) is 12.3. The highest BCUT2D eigenvalue weighted by molar-refractivity contribution is 6.00. The molecule has 194 valence electrons. The van der Waals surface area contributed by atoms with Gasteiger partial charge in [-0.15, -0.1) is 5.10 Å². The lowest BCUT2D eigenvalue weighted by Crippen LogP contribution is -2.34. The predicted octanol–water partition coefficient (Wildman–Crippen LogP) is 3.52. The van der Waals surface area contributed by atoms with E-state index in [9.17, 15) is 19.5 Å². The van der Waals surface area contributed by atoms with Gasteiger partial charge in [0.05, 0.1) is 24.5 Å². The minimum absolute atomic E-state index is 0.107. The van der Waals surface area contributed by atoms with E-state index in [-0.39, 0.29) is 17.9 Å². The fraction of sp³-hybridized carbons (Fsp3) is 0.464. The zero-order chi connectivity index (χ0) is 25.9. The number of nitrogens with zero attached hydrogens (tertiary/aromatic N) is 3. The smallest absolute Gasteiger partial charge is 0.307 e. The molecule has 1 aliphatic carbocycles. The maximum Gasteiger partial charge on any atom is 0.307 e. The van der Waals surface area contributed by atoms with Crippen LogP contribution in [0.2, 0.25) is 0 Å². The number of hydrogen-bond acceptors (Lipinski definition) is 7. The Morgan fingerprint density at radius 1 is 1.08 bits per heavy atom. The number of carboxylic acid groups (broad SMARTS) is 1. The highest BCUT2D eigenvalue weighted by Crippen LogP contribution is 2.40. The van der Waals surface area contributed by atoms with Gasteiger partial charge in [-0.2, -0.15) is 0 Å². The molecule has 9 heteroatoms. The Morgan fingerprint density at radius 2 is 1.84 bits per heavy atom. The summed E-state index contributed by atoms with van der Waals surface area (Å²) < 4.78 is 12.5. The van der Waals surface area contributed by atoms with Crippen molar-refractivity contribution in [3.8, 4) is 5.75 Å². The number of aliphatic carboxylic acids is 1. The van der Waals surface area contributed by atoms with Crippen LogP contribution in [0.25, 0.3) is 10.9 Å². The molecule has 0 bridgehead atoms. The highest BCUT2D eigenvalue weighted by atomic mass is 16.5. The first-order chi connectivity index (χ1) is 17.9. The highest BCUT2D eigenvalue weighted by Gasteiger charge is 2.45. The van der Waals surface area contributed by atoms with E-state index < -0.39 is 23.7 Å². The third-order valence-electron chi connectivity index (χ3n) is 7.66. The lowest BCUT2D eigenvalue weighted by Gasteiger charge is -2.22. The van der Waals surface area contributed by atoms with Crippen LogP contribution >= 0.6 is 0 Å². The number of benzene rings is 2. The molecule has 1 aliphatic heterocycles. The van der Waals surface area contributed by atoms with Crippen LogP contribution < -0.4 is 10.3 Å². The third-order valence-corrected chi connectivity index (χ3v) is 7.66. The van der Waals surface area contributed by atoms with Crippen LogP contribution in [-0.4, -0.2) is 51.7 Å². The van der Waals surface area contributed by atoms with Gasteiger partial charge in [0.1, 0.15) is 11.3 Å². The number of ketones is 1. The van der Waals surface area contributed by atoms with Gasteiger partial charge in [-0.1, -0.05) is 16.8 Å². The number of carboxylic acids is 1. The van der Waals surface area contributed by atoms with E-state index >= 15 is 0 Å². The van der Waals surface area contributed by atoms with Crippen molar-refractivity contribution in [3.63, 3.8) is 0 Å². The number of hydrogen-bond donors (Lipinski definition) is 1. The van der Waals surface area contributed by atoms with Crippen LogP contribution in [-0.2, 0) is 16.1 Å². The number of Topliss-reactive ketones (excluding diaryl/α,β-unsaturated/α-hetero) is 1. The Kier molecular flexibility index (Phi) is 7.32. The second kappa shape index (κ2) is 10.8. The second-order valence-electron chi connectivity index (χ2n) is 10.2. The topological polar surface area (TPSA) is 121 Å². The van der Waals surface area contributed by atoms with Crippen molar-refractivity contribution in [2.24, 2.45) is 23.7 Å². The van der Waals surface area contributed by atoms with Crippen LogP contribution in [0.5, 0.6) is 5.75 Å². The van der Waals surface area contributed by atoms with Gasteiger partial charge in [0.2, 0.25) is 0 Å². The van der Waals surface area contributed by atoms with Gasteiger partial charge in [0.25, 0.3) is 5.56 Å². The summed E-state index contributed by atoms with van der Waals surface area (Å²) in [5, 5.41) is 18.7. The molecule has 3 unspecified atom stereocenters. The zero-order valence-corrected chi connectivity index (χ0v) is 20.8. The summed E-state index contributed by atoms with van der Waals surface area (Å²) in [4.78, 5) is 38.6. The van der Waals surface area contributed by atoms with E-state index in [1.165, 1.54) is 4.68 Å². The average molecular weight is 506 g/mol. The van der Waals surface area contributed by atoms with Gasteiger partial charge in [0.15, 0.2) is 5.78 Å². The fourth-order valence-corrected chi connectivity index (χ4v) is 5.54. The van der Waals surface area contributed by atoms with Gasteiger partial charge in [-0.25, -0.2) is 4.68 Å². The first-order valence-electron chi connectivity index (χ1n) is 12.8. The standard InChI is InChI=1S/C28H31N3O6/c1-17-2-9-24-23(14-17)27(33)31(30-29-24)15-20-5-8-22(25(20)28(34)35)26(32)19-3-6-21(7-4-19)37-16-18-10-12-36-13-11-18/h2-4,6-7,9,14,18,20,22,25H,5,8,10-13,15-16H2,1H3,(H,34,35). The summed E-state index contributed by atoms with van der Waals surface area (Å²) in [6.45, 7) is 4.13. The first kappa shape index (κ1) is 25.1. The van der Waals surface area contributed by atoms with E-state index in [0.29, 0.717) is 47.6 Å². The van der Waals surface area contributed by atoms with E-state index in [4.69, 9.17) is 9.47 Å². The number of rotatable bonds is 8. The molecule has 2 heterocycles. The summed E-state index contributed by atoms with van der Waals surface area (Å²) in [7, 11) is 0. The molecule has 3 aromatic rings. The molecule has 9 nitrogen and oxygen atoms in total. The van der Waals surface area contributed by atoms with Crippen LogP contribution in [0, 0.1) is 30.6 Å². The van der Waals surface area contributed by atoms with Gasteiger partial charge >= 0.3 is 5.97 Å². The SMILES string of the molecule is Cc1ccc2nnn(CC3CCC(C(=O)c4ccc(OCC5CCOCC5)cc4)C3C(=O)O)c(=O)c2c1. The molecule has 0 amide bonds. The largest absolute Gasteiger partial charge is 0.493 e. The molecule has 1 N–H and O–H groups in total. The lowest BCUT2D eigenvalue weighted by molar-refractivity contribution is -0.144. The Bertz CT molecular complexity index is 1350. The maximum atomic E-state index is 13.3. The molecule has 37 heavy (non-hydrogen) atoms. The first-order valence-corrected chi connectivity index (χ1v) is 12.8. The molecule has 2 aliphatic rings. The summed E-state index contributed by atoms with van der Waals surface area (Å²) in [6.07, 6.45) is 2.91. The second-order valence-corrected chi connectivity index (χ2v) is 10.2. The Morgan fingerprint density at radius 3 is 2.57 bits per heavy atom. The summed E-state index contributed by atoms with van der Waals surface area (Å²) in [5.74, 6) is -2.05. The number of aryl methyl sites for hydroxylation is 1. The lowest BCUT2D eigenvalue weighted by atomic mass is 9.84. The van der Waals surface area contributed by atoms with Crippen molar-refractivity contribution < 1.29 is 24.2 Å². The minimum Gasteiger partial charge on any atom is -0.493 e. The third kappa shape index (κ3) is 5.41. The predicted molar refractivity (Wildman–Crippen MR) is 136 cm³/mol. The minimum atomic E-state index is -1.03. The molecule has 3 atom stereocenters. The number of aromatic nitrogens is 3. The van der Waals surface area contributed by atoms with Crippen LogP contribution in [0.15, 0.2) is 47.3 Å². The van der Waals surface area contributed by atoms with Crippen molar-refractivity contribution in [2.45, 2.75) is 39.2 Å². The van der Waals surface area contributed by atoms with E-state index in [0.717, 1.165) is 31.6 Å². The van der Waals surface area contributed by atoms with E-state index in [1.54, 1.807) is 36.4 Å². The Hall–Kier alpha value is -3.59. The monoisotopic (exact) mass is 505 g/mol. The zero-order valence-electron chi connectivity index (χ0n) is 20.8. The van der Waals surface area contributed by atoms with E-state index in [1.807, 2.05) is 13.0 Å². The van der Waals surface area contributed by atoms with Crippen LogP contribution in [0.1, 0.15) is 41.6 Å². The van der Waals surface area contributed by atoms with Crippen LogP contribution in [0.3, 0.4) is 0 Å². The van der Waals surface area contributed by atoms with Gasteiger partial charge < -0.3 is 14.6 Å². The molecule has 0 radical (unpaired) electrons. The van der Waals surface area contributed by atoms with E-state index in [2.05, 4.69) is 10.3 Å². The molecule has 1 saturated heterocycles. The van der Waals surface area contributed by atoms with Gasteiger partial charge in [-0.05, 0) is 80.8 Å². The Labute approximate surface area is 214 Å². The van der Waals surface area contributed by atoms with Gasteiger partial charge in [0, 0.05) is 24.7 Å². The number of fused-ring (bicyclic) bond motifs is 1. The van der Waals surface area contributed by atoms with Crippen molar-refractivity contribution in [2.75, 3.05) is 19.8 Å². The molecule has 0 spiro atoms. The van der Waals surface area contributed by atoms with Gasteiger partial charge in [-0.3, -0.25) is 14.4 Å². The van der Waals surface area contributed by atoms with Crippen molar-refractivity contribution in [1.82, 2.24) is 15.0 Å². The molecule has 2 fully saturated rings. The molecule has 1 saturated carbocycles. The normalized spacial score (nSPS) is 22.2. The number of carbonyl (C=O) groups excluding carboxylic acids is 1. The molecule has 5 rings (SSSR count). The van der Waals surface area contributed by atoms with Crippen molar-refractivity contribution in [1.29, 1.82) is 0 Å². The van der Waals surface area contributed by atoms with Crippen molar-refractivity contribution >= 4 is 22.7 Å². The molecule has 2 aromatic carbocycles. The van der Waals surface area contributed by atoms with Crippen molar-refractivity contribution in [3.05, 3.63) is 63.9 Å².